The van der Waals surface area contributed by atoms with Crippen LogP contribution in [0.5, 0.6) is 5.75 Å². The number of nitrogens with zero attached hydrogens (tertiary/aromatic N) is 2. The third-order valence-corrected chi connectivity index (χ3v) is 4.15. The molecule has 98 valence electrons. The second kappa shape index (κ2) is 4.10. The molecule has 1 aromatic heterocycles. The largest absolute Gasteiger partial charge is 0.497 e. The minimum absolute atomic E-state index is 0.881. The molecule has 1 aromatic carbocycles. The predicted octanol–water partition coefficient (Wildman–Crippen LogP) is 1.76. The molecule has 1 aliphatic carbocycles. The highest BCUT2D eigenvalue weighted by Crippen LogP contribution is 2.36. The molecule has 0 saturated heterocycles. The van der Waals surface area contributed by atoms with Crippen LogP contribution in [0.3, 0.4) is 0 Å². The Morgan fingerprint density at radius 1 is 1.32 bits per heavy atom. The van der Waals surface area contributed by atoms with Crippen molar-refractivity contribution in [2.45, 2.75) is 25.9 Å². The van der Waals surface area contributed by atoms with Crippen LogP contribution in [0.2, 0.25) is 0 Å². The summed E-state index contributed by atoms with van der Waals surface area (Å²) in [5, 5.41) is 3.39. The maximum Gasteiger partial charge on any atom is 0.123 e. The van der Waals surface area contributed by atoms with Gasteiger partial charge in [0.2, 0.25) is 0 Å². The van der Waals surface area contributed by atoms with E-state index in [0.717, 1.165) is 38.2 Å². The van der Waals surface area contributed by atoms with Crippen molar-refractivity contribution in [3.63, 3.8) is 0 Å². The Kier molecular flexibility index (Phi) is 2.38. The van der Waals surface area contributed by atoms with E-state index in [1.165, 1.54) is 28.3 Å². The van der Waals surface area contributed by atoms with Crippen molar-refractivity contribution < 1.29 is 4.74 Å². The molecule has 0 bridgehead atoms. The third-order valence-electron chi connectivity index (χ3n) is 4.15. The zero-order valence-electron chi connectivity index (χ0n) is 11.1. The second-order valence-electron chi connectivity index (χ2n) is 5.17. The van der Waals surface area contributed by atoms with Gasteiger partial charge in [0.05, 0.1) is 19.3 Å². The minimum Gasteiger partial charge on any atom is -0.497 e. The van der Waals surface area contributed by atoms with E-state index in [1.54, 1.807) is 7.11 Å². The monoisotopic (exact) mass is 255 g/mol. The lowest BCUT2D eigenvalue weighted by atomic mass is 9.92. The molecule has 2 aliphatic rings. The Balaban J connectivity index is 1.91. The zero-order chi connectivity index (χ0) is 12.8. The summed E-state index contributed by atoms with van der Waals surface area (Å²) in [6, 6.07) is 6.34. The first kappa shape index (κ1) is 11.1. The maximum absolute atomic E-state index is 5.35. The molecule has 1 N–H and O–H groups in total. The molecule has 0 radical (unpaired) electrons. The summed E-state index contributed by atoms with van der Waals surface area (Å²) >= 11 is 0. The van der Waals surface area contributed by atoms with E-state index < -0.39 is 0 Å². The summed E-state index contributed by atoms with van der Waals surface area (Å²) < 4.78 is 7.75. The van der Waals surface area contributed by atoms with Gasteiger partial charge in [0.25, 0.3) is 0 Å². The van der Waals surface area contributed by atoms with Gasteiger partial charge < -0.3 is 14.6 Å². The van der Waals surface area contributed by atoms with Crippen molar-refractivity contribution in [3.05, 3.63) is 35.3 Å². The number of benzene rings is 1. The molecular formula is C15H17N3O. The number of imidazole rings is 1. The van der Waals surface area contributed by atoms with Crippen LogP contribution in [0.4, 0.5) is 0 Å². The fourth-order valence-electron chi connectivity index (χ4n) is 3.17. The van der Waals surface area contributed by atoms with Gasteiger partial charge in [0.1, 0.15) is 11.6 Å². The topological polar surface area (TPSA) is 39.1 Å². The van der Waals surface area contributed by atoms with Crippen LogP contribution in [-0.2, 0) is 25.9 Å². The van der Waals surface area contributed by atoms with Crippen LogP contribution < -0.4 is 10.1 Å². The molecule has 1 aliphatic heterocycles. The number of methoxy groups -OCH3 is 1. The Hall–Kier alpha value is -1.81. The van der Waals surface area contributed by atoms with Crippen LogP contribution in [0.1, 0.15) is 17.1 Å². The van der Waals surface area contributed by atoms with Gasteiger partial charge in [0, 0.05) is 24.3 Å². The Morgan fingerprint density at radius 2 is 2.26 bits per heavy atom. The van der Waals surface area contributed by atoms with E-state index in [2.05, 4.69) is 22.0 Å². The van der Waals surface area contributed by atoms with Crippen LogP contribution in [0, 0.1) is 0 Å². The summed E-state index contributed by atoms with van der Waals surface area (Å²) in [5.74, 6) is 2.09. The summed E-state index contributed by atoms with van der Waals surface area (Å²) in [6.07, 6.45) is 2.20. The summed E-state index contributed by atoms with van der Waals surface area (Å²) in [7, 11) is 1.72. The average molecular weight is 255 g/mol. The van der Waals surface area contributed by atoms with Gasteiger partial charge in [-0.3, -0.25) is 0 Å². The first-order valence-electron chi connectivity index (χ1n) is 6.83. The van der Waals surface area contributed by atoms with E-state index in [4.69, 9.17) is 9.72 Å². The molecule has 4 heteroatoms. The quantitative estimate of drug-likeness (QED) is 0.844. The third kappa shape index (κ3) is 1.60. The van der Waals surface area contributed by atoms with Crippen LogP contribution in [0.15, 0.2) is 18.2 Å². The van der Waals surface area contributed by atoms with Crippen LogP contribution in [-0.4, -0.2) is 23.2 Å². The Morgan fingerprint density at radius 3 is 3.16 bits per heavy atom. The van der Waals surface area contributed by atoms with Crippen molar-refractivity contribution in [1.29, 1.82) is 0 Å². The Labute approximate surface area is 112 Å². The molecule has 4 nitrogen and oxygen atoms in total. The van der Waals surface area contributed by atoms with E-state index in [0.29, 0.717) is 0 Å². The number of nitrogens with one attached hydrogen (secondary N) is 1. The molecule has 2 aromatic rings. The van der Waals surface area contributed by atoms with Crippen LogP contribution in [0.25, 0.3) is 11.3 Å². The standard InChI is InChI=1S/C15H17N3O/c1-19-11-4-2-10-3-5-13-15(12(10)8-11)17-14-9-16-6-7-18(13)14/h2,4,8,16H,3,5-7,9H2,1H3. The SMILES string of the molecule is COc1ccc2c(c1)-c1nc3n(c1CC2)CCNC3. The van der Waals surface area contributed by atoms with Gasteiger partial charge in [-0.25, -0.2) is 4.98 Å². The predicted molar refractivity (Wildman–Crippen MR) is 73.3 cm³/mol. The maximum atomic E-state index is 5.35. The fourth-order valence-corrected chi connectivity index (χ4v) is 3.17. The molecule has 2 heterocycles. The number of aromatic nitrogens is 2. The van der Waals surface area contributed by atoms with E-state index in [-0.39, 0.29) is 0 Å². The molecule has 0 saturated carbocycles. The molecule has 4 rings (SSSR count). The van der Waals surface area contributed by atoms with Gasteiger partial charge in [-0.1, -0.05) is 6.07 Å². The number of rotatable bonds is 1. The highest BCUT2D eigenvalue weighted by molar-refractivity contribution is 5.70. The molecule has 0 fully saturated rings. The lowest BCUT2D eigenvalue weighted by Crippen LogP contribution is -2.29. The second-order valence-corrected chi connectivity index (χ2v) is 5.17. The van der Waals surface area contributed by atoms with Crippen molar-refractivity contribution in [3.8, 4) is 17.0 Å². The number of aryl methyl sites for hydroxylation is 1. The lowest BCUT2D eigenvalue weighted by molar-refractivity contribution is 0.414. The van der Waals surface area contributed by atoms with Gasteiger partial charge in [-0.05, 0) is 30.5 Å². The Bertz CT molecular complexity index is 645. The molecule has 0 spiro atoms. The average Bonchev–Trinajstić information content (AvgIpc) is 2.85. The summed E-state index contributed by atoms with van der Waals surface area (Å²) in [6.45, 7) is 2.96. The van der Waals surface area contributed by atoms with E-state index in [9.17, 15) is 0 Å². The molecule has 0 atom stereocenters. The zero-order valence-corrected chi connectivity index (χ0v) is 11.1. The van der Waals surface area contributed by atoms with E-state index in [1.807, 2.05) is 6.07 Å². The summed E-state index contributed by atoms with van der Waals surface area (Å²) in [4.78, 5) is 4.85. The highest BCUT2D eigenvalue weighted by atomic mass is 16.5. The number of hydrogen-bond donors (Lipinski definition) is 1. The number of ether oxygens (including phenoxy) is 1. The van der Waals surface area contributed by atoms with Crippen molar-refractivity contribution in [1.82, 2.24) is 14.9 Å². The van der Waals surface area contributed by atoms with Gasteiger partial charge in [-0.2, -0.15) is 0 Å². The first-order chi connectivity index (χ1) is 9.36. The number of fused-ring (bicyclic) bond motifs is 5. The highest BCUT2D eigenvalue weighted by Gasteiger charge is 2.25. The molecule has 0 amide bonds. The van der Waals surface area contributed by atoms with Crippen molar-refractivity contribution >= 4 is 0 Å². The lowest BCUT2D eigenvalue weighted by Gasteiger charge is -2.20. The van der Waals surface area contributed by atoms with Gasteiger partial charge in [0.15, 0.2) is 0 Å². The van der Waals surface area contributed by atoms with E-state index >= 15 is 0 Å². The first-order valence-corrected chi connectivity index (χ1v) is 6.83. The normalized spacial score (nSPS) is 16.5. The number of hydrogen-bond acceptors (Lipinski definition) is 3. The molecular weight excluding hydrogens is 238 g/mol. The smallest absolute Gasteiger partial charge is 0.123 e. The molecule has 19 heavy (non-hydrogen) atoms. The van der Waals surface area contributed by atoms with Crippen LogP contribution >= 0.6 is 0 Å². The fraction of sp³-hybridized carbons (Fsp3) is 0.400. The molecule has 0 unspecified atom stereocenters. The van der Waals surface area contributed by atoms with Crippen molar-refractivity contribution in [2.75, 3.05) is 13.7 Å². The van der Waals surface area contributed by atoms with Crippen molar-refractivity contribution in [2.24, 2.45) is 0 Å². The summed E-state index contributed by atoms with van der Waals surface area (Å²) in [5.41, 5.74) is 5.20. The van der Waals surface area contributed by atoms with Gasteiger partial charge >= 0.3 is 0 Å². The van der Waals surface area contributed by atoms with Gasteiger partial charge in [-0.15, -0.1) is 0 Å². The minimum atomic E-state index is 0.881.